The lowest BCUT2D eigenvalue weighted by Gasteiger charge is -2.38. The van der Waals surface area contributed by atoms with E-state index in [0.717, 1.165) is 0 Å². The van der Waals surface area contributed by atoms with Gasteiger partial charge < -0.3 is 19.8 Å². The Hall–Kier alpha value is -1.34. The van der Waals surface area contributed by atoms with Crippen LogP contribution in [0.3, 0.4) is 0 Å². The molecule has 22 heavy (non-hydrogen) atoms. The van der Waals surface area contributed by atoms with Gasteiger partial charge in [-0.3, -0.25) is 9.69 Å². The second-order valence-corrected chi connectivity index (χ2v) is 7.14. The number of piperidine rings is 1. The number of hydrogen-bond acceptors (Lipinski definition) is 5. The van der Waals surface area contributed by atoms with Crippen molar-refractivity contribution in [2.75, 3.05) is 19.6 Å². The first-order valence-electron chi connectivity index (χ1n) is 7.82. The van der Waals surface area contributed by atoms with Crippen LogP contribution < -0.4 is 0 Å². The van der Waals surface area contributed by atoms with E-state index in [1.807, 2.05) is 25.7 Å². The van der Waals surface area contributed by atoms with Crippen molar-refractivity contribution in [3.8, 4) is 0 Å². The first-order chi connectivity index (χ1) is 10.2. The van der Waals surface area contributed by atoms with Gasteiger partial charge in [0.15, 0.2) is 0 Å². The number of β-amino-alcohol motifs (C(OH)–C–C–N with tert-alkyl or cyclic N) is 1. The number of carboxylic acid groups (broad SMARTS) is 1. The molecule has 0 aliphatic carbocycles. The molecule has 7 heteroatoms. The van der Waals surface area contributed by atoms with Crippen LogP contribution in [0.2, 0.25) is 0 Å². The lowest BCUT2D eigenvalue weighted by atomic mass is 10.0. The van der Waals surface area contributed by atoms with E-state index in [1.54, 1.807) is 4.90 Å². The van der Waals surface area contributed by atoms with Gasteiger partial charge in [-0.05, 0) is 33.6 Å². The second kappa shape index (κ2) is 6.42. The molecule has 126 valence electrons. The quantitative estimate of drug-likeness (QED) is 0.787. The summed E-state index contributed by atoms with van der Waals surface area (Å²) in [4.78, 5) is 26.9. The van der Waals surface area contributed by atoms with E-state index in [2.05, 4.69) is 0 Å². The molecule has 0 saturated carbocycles. The van der Waals surface area contributed by atoms with Crippen LogP contribution in [0.25, 0.3) is 0 Å². The molecule has 0 bridgehead atoms. The molecule has 0 unspecified atom stereocenters. The number of likely N-dealkylation sites (tertiary alicyclic amines) is 2. The molecule has 0 spiro atoms. The summed E-state index contributed by atoms with van der Waals surface area (Å²) in [7, 11) is 0. The number of aliphatic hydroxyl groups excluding tert-OH is 1. The Bertz CT molecular complexity index is 426. The summed E-state index contributed by atoms with van der Waals surface area (Å²) in [6.07, 6.45) is 0.791. The topological polar surface area (TPSA) is 90.3 Å². The zero-order chi connectivity index (χ0) is 16.5. The third-order valence-corrected chi connectivity index (χ3v) is 4.19. The average Bonchev–Trinajstić information content (AvgIpc) is 2.79. The highest BCUT2D eigenvalue weighted by atomic mass is 16.6. The van der Waals surface area contributed by atoms with Gasteiger partial charge in [-0.25, -0.2) is 4.79 Å². The third-order valence-electron chi connectivity index (χ3n) is 4.19. The summed E-state index contributed by atoms with van der Waals surface area (Å²) in [6, 6.07) is -0.523. The van der Waals surface area contributed by atoms with Crippen LogP contribution in [0.15, 0.2) is 0 Å². The van der Waals surface area contributed by atoms with Crippen molar-refractivity contribution in [1.82, 2.24) is 9.80 Å². The van der Waals surface area contributed by atoms with Crippen LogP contribution in [0.4, 0.5) is 4.79 Å². The molecule has 2 aliphatic heterocycles. The fourth-order valence-electron chi connectivity index (χ4n) is 3.19. The van der Waals surface area contributed by atoms with Crippen molar-refractivity contribution in [3.05, 3.63) is 0 Å². The van der Waals surface area contributed by atoms with Crippen LogP contribution in [0.5, 0.6) is 0 Å². The number of carboxylic acids is 1. The molecule has 2 fully saturated rings. The highest BCUT2D eigenvalue weighted by Crippen LogP contribution is 2.27. The number of rotatable bonds is 2. The standard InChI is InChI=1S/C15H26N2O5/c1-15(2,3)22-14(21)16-6-4-10(5-7-16)17-9-11(18)8-12(17)13(19)20/h10-12,18H,4-9H2,1-3H3,(H,19,20)/t11-,12+/m1/s1. The number of carbonyl (C=O) groups excluding carboxylic acids is 1. The lowest BCUT2D eigenvalue weighted by Crippen LogP contribution is -2.50. The zero-order valence-corrected chi connectivity index (χ0v) is 13.5. The molecule has 2 rings (SSSR count). The van der Waals surface area contributed by atoms with Crippen LogP contribution in [-0.4, -0.2) is 75.5 Å². The number of carbonyl (C=O) groups is 2. The minimum atomic E-state index is -0.883. The Morgan fingerprint density at radius 1 is 1.18 bits per heavy atom. The zero-order valence-electron chi connectivity index (χ0n) is 13.5. The molecule has 0 aromatic rings. The Balaban J connectivity index is 1.89. The SMILES string of the molecule is CC(C)(C)OC(=O)N1CCC(N2C[C@H](O)C[C@H]2C(=O)O)CC1. The van der Waals surface area contributed by atoms with Crippen molar-refractivity contribution in [2.24, 2.45) is 0 Å². The van der Waals surface area contributed by atoms with Gasteiger partial charge in [0.1, 0.15) is 11.6 Å². The van der Waals surface area contributed by atoms with Crippen molar-refractivity contribution < 1.29 is 24.5 Å². The summed E-state index contributed by atoms with van der Waals surface area (Å²) in [6.45, 7) is 7.01. The minimum Gasteiger partial charge on any atom is -0.480 e. The molecular weight excluding hydrogens is 288 g/mol. The number of aliphatic carboxylic acids is 1. The van der Waals surface area contributed by atoms with Gasteiger partial charge in [0.25, 0.3) is 0 Å². The van der Waals surface area contributed by atoms with E-state index < -0.39 is 23.7 Å². The Labute approximate surface area is 130 Å². The largest absolute Gasteiger partial charge is 0.480 e. The summed E-state index contributed by atoms with van der Waals surface area (Å²) in [5.74, 6) is -0.883. The molecule has 2 atom stereocenters. The smallest absolute Gasteiger partial charge is 0.410 e. The summed E-state index contributed by atoms with van der Waals surface area (Å²) >= 11 is 0. The normalized spacial score (nSPS) is 27.9. The van der Waals surface area contributed by atoms with E-state index in [9.17, 15) is 19.8 Å². The average molecular weight is 314 g/mol. The first kappa shape index (κ1) is 17.0. The van der Waals surface area contributed by atoms with Crippen molar-refractivity contribution >= 4 is 12.1 Å². The molecule has 7 nitrogen and oxygen atoms in total. The van der Waals surface area contributed by atoms with Gasteiger partial charge in [-0.1, -0.05) is 0 Å². The number of ether oxygens (including phenoxy) is 1. The summed E-state index contributed by atoms with van der Waals surface area (Å²) < 4.78 is 5.35. The molecule has 1 amide bonds. The van der Waals surface area contributed by atoms with Crippen LogP contribution in [0.1, 0.15) is 40.0 Å². The number of nitrogens with zero attached hydrogens (tertiary/aromatic N) is 2. The predicted molar refractivity (Wildman–Crippen MR) is 79.6 cm³/mol. The van der Waals surface area contributed by atoms with Gasteiger partial charge in [-0.15, -0.1) is 0 Å². The maximum Gasteiger partial charge on any atom is 0.410 e. The molecule has 0 aromatic carbocycles. The monoisotopic (exact) mass is 314 g/mol. The maximum absolute atomic E-state index is 12.0. The molecular formula is C15H26N2O5. The molecule has 2 N–H and O–H groups in total. The Morgan fingerprint density at radius 2 is 1.77 bits per heavy atom. The molecule has 0 aromatic heterocycles. The van der Waals surface area contributed by atoms with E-state index in [-0.39, 0.29) is 18.6 Å². The maximum atomic E-state index is 12.0. The van der Waals surface area contributed by atoms with Gasteiger partial charge >= 0.3 is 12.1 Å². The predicted octanol–water partition coefficient (Wildman–Crippen LogP) is 0.906. The third kappa shape index (κ3) is 4.10. The fraction of sp³-hybridized carbons (Fsp3) is 0.867. The van der Waals surface area contributed by atoms with Gasteiger partial charge in [-0.2, -0.15) is 0 Å². The van der Waals surface area contributed by atoms with Gasteiger partial charge in [0.05, 0.1) is 6.10 Å². The molecule has 2 saturated heterocycles. The fourth-order valence-corrected chi connectivity index (χ4v) is 3.19. The van der Waals surface area contributed by atoms with E-state index in [0.29, 0.717) is 32.5 Å². The molecule has 2 aliphatic rings. The summed E-state index contributed by atoms with van der Waals surface area (Å²) in [5.41, 5.74) is -0.513. The molecule has 2 heterocycles. The Kier molecular flexibility index (Phi) is 4.97. The van der Waals surface area contributed by atoms with Gasteiger partial charge in [0, 0.05) is 32.1 Å². The van der Waals surface area contributed by atoms with E-state index in [1.165, 1.54) is 0 Å². The van der Waals surface area contributed by atoms with Gasteiger partial charge in [0.2, 0.25) is 0 Å². The van der Waals surface area contributed by atoms with Crippen LogP contribution >= 0.6 is 0 Å². The number of aliphatic hydroxyl groups is 1. The lowest BCUT2D eigenvalue weighted by molar-refractivity contribution is -0.143. The van der Waals surface area contributed by atoms with E-state index >= 15 is 0 Å². The van der Waals surface area contributed by atoms with E-state index in [4.69, 9.17) is 4.74 Å². The van der Waals surface area contributed by atoms with Crippen LogP contribution in [0, 0.1) is 0 Å². The second-order valence-electron chi connectivity index (χ2n) is 7.14. The first-order valence-corrected chi connectivity index (χ1v) is 7.82. The number of hydrogen-bond donors (Lipinski definition) is 2. The van der Waals surface area contributed by atoms with Crippen LogP contribution in [-0.2, 0) is 9.53 Å². The van der Waals surface area contributed by atoms with Crippen molar-refractivity contribution in [1.29, 1.82) is 0 Å². The van der Waals surface area contributed by atoms with Crippen molar-refractivity contribution in [3.63, 3.8) is 0 Å². The minimum absolute atomic E-state index is 0.0944. The highest BCUT2D eigenvalue weighted by Gasteiger charge is 2.41. The Morgan fingerprint density at radius 3 is 2.27 bits per heavy atom. The summed E-state index contributed by atoms with van der Waals surface area (Å²) in [5, 5.41) is 19.0. The highest BCUT2D eigenvalue weighted by molar-refractivity contribution is 5.74. The number of amides is 1. The molecule has 0 radical (unpaired) electrons. The van der Waals surface area contributed by atoms with Crippen molar-refractivity contribution in [2.45, 2.75) is 63.8 Å².